The van der Waals surface area contributed by atoms with Crippen LogP contribution in [-0.4, -0.2) is 34.3 Å². The molecule has 1 heterocycles. The lowest BCUT2D eigenvalue weighted by Gasteiger charge is -2.27. The van der Waals surface area contributed by atoms with E-state index in [-0.39, 0.29) is 6.61 Å². The molecule has 4 heteroatoms. The first-order valence-electron chi connectivity index (χ1n) is 4.89. The van der Waals surface area contributed by atoms with Gasteiger partial charge in [0.05, 0.1) is 0 Å². The normalized spacial score (nSPS) is 10.6. The Morgan fingerprint density at radius 3 is 2.79 bits per heavy atom. The fraction of sp³-hybridized carbons (Fsp3) is 0.600. The van der Waals surface area contributed by atoms with E-state index in [4.69, 9.17) is 5.11 Å². The Kier molecular flexibility index (Phi) is 4.32. The van der Waals surface area contributed by atoms with Crippen LogP contribution in [0.2, 0.25) is 0 Å². The highest BCUT2D eigenvalue weighted by Crippen LogP contribution is 2.12. The first-order valence-corrected chi connectivity index (χ1v) is 4.89. The van der Waals surface area contributed by atoms with Gasteiger partial charge < -0.3 is 10.0 Å². The maximum atomic E-state index is 8.78. The summed E-state index contributed by atoms with van der Waals surface area (Å²) in [6.45, 7) is 5.26. The summed E-state index contributed by atoms with van der Waals surface area (Å²) in [7, 11) is 0. The lowest BCUT2D eigenvalue weighted by atomic mass is 10.3. The van der Waals surface area contributed by atoms with Crippen LogP contribution in [0.4, 0.5) is 5.82 Å². The molecule has 0 bridgehead atoms. The van der Waals surface area contributed by atoms with Crippen molar-refractivity contribution >= 4 is 5.82 Å². The third-order valence-electron chi connectivity index (χ3n) is 2.04. The van der Waals surface area contributed by atoms with Crippen molar-refractivity contribution in [2.75, 3.05) is 18.1 Å². The first kappa shape index (κ1) is 10.9. The predicted molar refractivity (Wildman–Crippen MR) is 56.2 cm³/mol. The predicted octanol–water partition coefficient (Wildman–Crippen LogP) is 1.07. The molecule has 0 amide bonds. The second-order valence-corrected chi connectivity index (χ2v) is 3.43. The highest BCUT2D eigenvalue weighted by atomic mass is 16.3. The van der Waals surface area contributed by atoms with Crippen molar-refractivity contribution in [1.29, 1.82) is 0 Å². The average molecular weight is 195 g/mol. The summed E-state index contributed by atoms with van der Waals surface area (Å²) in [4.78, 5) is 10.2. The summed E-state index contributed by atoms with van der Waals surface area (Å²) in [6, 6.07) is 2.27. The van der Waals surface area contributed by atoms with Crippen LogP contribution in [0.3, 0.4) is 0 Å². The van der Waals surface area contributed by atoms with E-state index in [0.717, 1.165) is 18.8 Å². The largest absolute Gasteiger partial charge is 0.396 e. The van der Waals surface area contributed by atoms with Gasteiger partial charge in [0.25, 0.3) is 0 Å². The molecular weight excluding hydrogens is 178 g/mol. The van der Waals surface area contributed by atoms with Crippen molar-refractivity contribution in [2.45, 2.75) is 26.3 Å². The molecule has 4 nitrogen and oxygen atoms in total. The van der Waals surface area contributed by atoms with Crippen molar-refractivity contribution in [3.8, 4) is 0 Å². The Hall–Kier alpha value is -1.16. The van der Waals surface area contributed by atoms with Gasteiger partial charge in [-0.2, -0.15) is 0 Å². The Morgan fingerprint density at radius 1 is 1.50 bits per heavy atom. The number of rotatable bonds is 5. The van der Waals surface area contributed by atoms with Crippen LogP contribution >= 0.6 is 0 Å². The third-order valence-corrected chi connectivity index (χ3v) is 2.04. The topological polar surface area (TPSA) is 49.2 Å². The standard InChI is InChI=1S/C10H17N3O/c1-9(2)13(6-3-7-14)10-4-5-11-8-12-10/h4-5,8-9,14H,3,6-7H2,1-2H3. The van der Waals surface area contributed by atoms with E-state index in [2.05, 4.69) is 28.7 Å². The summed E-state index contributed by atoms with van der Waals surface area (Å²) < 4.78 is 0. The number of aliphatic hydroxyl groups is 1. The molecule has 0 radical (unpaired) electrons. The minimum atomic E-state index is 0.217. The number of aliphatic hydroxyl groups excluding tert-OH is 1. The molecule has 0 fully saturated rings. The SMILES string of the molecule is CC(C)N(CCCO)c1ccncn1. The van der Waals surface area contributed by atoms with Crippen molar-refractivity contribution in [2.24, 2.45) is 0 Å². The average Bonchev–Trinajstić information content (AvgIpc) is 2.19. The first-order chi connectivity index (χ1) is 6.75. The number of aromatic nitrogens is 2. The smallest absolute Gasteiger partial charge is 0.132 e. The summed E-state index contributed by atoms with van der Waals surface area (Å²) >= 11 is 0. The molecule has 1 aromatic heterocycles. The van der Waals surface area contributed by atoms with E-state index in [9.17, 15) is 0 Å². The number of anilines is 1. The molecule has 0 aliphatic rings. The molecule has 0 unspecified atom stereocenters. The van der Waals surface area contributed by atoms with Crippen LogP contribution in [0.15, 0.2) is 18.6 Å². The zero-order chi connectivity index (χ0) is 10.4. The van der Waals surface area contributed by atoms with Gasteiger partial charge in [0.2, 0.25) is 0 Å². The van der Waals surface area contributed by atoms with Gasteiger partial charge in [-0.15, -0.1) is 0 Å². The minimum absolute atomic E-state index is 0.217. The van der Waals surface area contributed by atoms with Crippen LogP contribution in [0.1, 0.15) is 20.3 Å². The number of hydrogen-bond donors (Lipinski definition) is 1. The van der Waals surface area contributed by atoms with Gasteiger partial charge in [0, 0.05) is 25.4 Å². The van der Waals surface area contributed by atoms with Crippen molar-refractivity contribution in [1.82, 2.24) is 9.97 Å². The highest BCUT2D eigenvalue weighted by molar-refractivity contribution is 5.37. The quantitative estimate of drug-likeness (QED) is 0.763. The van der Waals surface area contributed by atoms with E-state index >= 15 is 0 Å². The zero-order valence-corrected chi connectivity index (χ0v) is 8.72. The Balaban J connectivity index is 2.68. The fourth-order valence-electron chi connectivity index (χ4n) is 1.33. The minimum Gasteiger partial charge on any atom is -0.396 e. The van der Waals surface area contributed by atoms with Crippen LogP contribution < -0.4 is 4.90 Å². The number of nitrogens with zero attached hydrogens (tertiary/aromatic N) is 3. The van der Waals surface area contributed by atoms with Crippen molar-refractivity contribution in [3.63, 3.8) is 0 Å². The lowest BCUT2D eigenvalue weighted by molar-refractivity contribution is 0.288. The van der Waals surface area contributed by atoms with Gasteiger partial charge in [0.15, 0.2) is 0 Å². The van der Waals surface area contributed by atoms with Gasteiger partial charge in [-0.05, 0) is 26.3 Å². The van der Waals surface area contributed by atoms with E-state index < -0.39 is 0 Å². The molecule has 0 aliphatic carbocycles. The van der Waals surface area contributed by atoms with Crippen molar-refractivity contribution < 1.29 is 5.11 Å². The van der Waals surface area contributed by atoms with Crippen LogP contribution in [0.5, 0.6) is 0 Å². The molecule has 0 saturated carbocycles. The molecule has 1 rings (SSSR count). The Labute approximate surface area is 84.6 Å². The Bertz CT molecular complexity index is 251. The van der Waals surface area contributed by atoms with Gasteiger partial charge in [0.1, 0.15) is 12.1 Å². The summed E-state index contributed by atoms with van der Waals surface area (Å²) in [5.74, 6) is 0.920. The molecule has 14 heavy (non-hydrogen) atoms. The molecule has 0 atom stereocenters. The van der Waals surface area contributed by atoms with Gasteiger partial charge >= 0.3 is 0 Å². The lowest BCUT2D eigenvalue weighted by Crippen LogP contribution is -2.32. The maximum Gasteiger partial charge on any atom is 0.132 e. The molecule has 0 aromatic carbocycles. The molecule has 0 aliphatic heterocycles. The molecule has 0 saturated heterocycles. The molecular formula is C10H17N3O. The van der Waals surface area contributed by atoms with E-state index in [0.29, 0.717) is 6.04 Å². The maximum absolute atomic E-state index is 8.78. The fourth-order valence-corrected chi connectivity index (χ4v) is 1.33. The summed E-state index contributed by atoms with van der Waals surface area (Å²) in [5, 5.41) is 8.78. The second-order valence-electron chi connectivity index (χ2n) is 3.43. The van der Waals surface area contributed by atoms with Gasteiger partial charge in [-0.3, -0.25) is 0 Å². The molecule has 78 valence electrons. The van der Waals surface area contributed by atoms with E-state index in [1.54, 1.807) is 12.5 Å². The summed E-state index contributed by atoms with van der Waals surface area (Å²) in [6.07, 6.45) is 4.04. The van der Waals surface area contributed by atoms with E-state index in [1.165, 1.54) is 0 Å². The van der Waals surface area contributed by atoms with Crippen LogP contribution in [0.25, 0.3) is 0 Å². The Morgan fingerprint density at radius 2 is 2.29 bits per heavy atom. The molecule has 1 aromatic rings. The number of hydrogen-bond acceptors (Lipinski definition) is 4. The highest BCUT2D eigenvalue weighted by Gasteiger charge is 2.10. The molecule has 0 spiro atoms. The monoisotopic (exact) mass is 195 g/mol. The second kappa shape index (κ2) is 5.54. The van der Waals surface area contributed by atoms with Crippen LogP contribution in [-0.2, 0) is 0 Å². The van der Waals surface area contributed by atoms with Gasteiger partial charge in [-0.1, -0.05) is 0 Å². The summed E-state index contributed by atoms with van der Waals surface area (Å²) in [5.41, 5.74) is 0. The van der Waals surface area contributed by atoms with Crippen LogP contribution in [0, 0.1) is 0 Å². The zero-order valence-electron chi connectivity index (χ0n) is 8.72. The van der Waals surface area contributed by atoms with Gasteiger partial charge in [-0.25, -0.2) is 9.97 Å². The van der Waals surface area contributed by atoms with Crippen molar-refractivity contribution in [3.05, 3.63) is 18.6 Å². The molecule has 1 N–H and O–H groups in total. The third kappa shape index (κ3) is 2.96. The van der Waals surface area contributed by atoms with E-state index in [1.807, 2.05) is 6.07 Å².